The van der Waals surface area contributed by atoms with Gasteiger partial charge in [0, 0.05) is 0 Å². The van der Waals surface area contributed by atoms with Crippen LogP contribution in [0.5, 0.6) is 0 Å². The maximum absolute atomic E-state index is 11.5. The second-order valence-electron chi connectivity index (χ2n) is 5.21. The zero-order chi connectivity index (χ0) is 12.5. The number of nitrogens with zero attached hydrogens (tertiary/aromatic N) is 1. The first kappa shape index (κ1) is 12.4. The molecule has 0 bridgehead atoms. The predicted molar refractivity (Wildman–Crippen MR) is 62.3 cm³/mol. The Morgan fingerprint density at radius 3 is 2.53 bits per heavy atom. The topological polar surface area (TPSA) is 69.6 Å². The zero-order valence-electron chi connectivity index (χ0n) is 10.2. The Kier molecular flexibility index (Phi) is 3.38. The van der Waals surface area contributed by atoms with Gasteiger partial charge in [-0.1, -0.05) is 13.3 Å². The predicted octanol–water partition coefficient (Wildman–Crippen LogP) is 0.870. The molecular formula is C12H20N2O3. The molecule has 0 aromatic heterocycles. The van der Waals surface area contributed by atoms with Crippen LogP contribution >= 0.6 is 0 Å². The minimum Gasteiger partial charge on any atom is -0.388 e. The van der Waals surface area contributed by atoms with Crippen molar-refractivity contribution in [2.24, 2.45) is 5.92 Å². The monoisotopic (exact) mass is 240 g/mol. The number of hydrogen-bond acceptors (Lipinski definition) is 3. The summed E-state index contributed by atoms with van der Waals surface area (Å²) in [6.45, 7) is 2.37. The maximum Gasteiger partial charge on any atom is 0.324 e. The fourth-order valence-corrected chi connectivity index (χ4v) is 2.69. The first-order chi connectivity index (χ1) is 8.04. The van der Waals surface area contributed by atoms with Crippen LogP contribution < -0.4 is 5.32 Å². The lowest BCUT2D eigenvalue weighted by molar-refractivity contribution is -0.128. The first-order valence-corrected chi connectivity index (χ1v) is 6.34. The van der Waals surface area contributed by atoms with Crippen molar-refractivity contribution >= 4 is 11.9 Å². The van der Waals surface area contributed by atoms with Crippen molar-refractivity contribution in [3.8, 4) is 0 Å². The summed E-state index contributed by atoms with van der Waals surface area (Å²) in [5.41, 5.74) is -0.872. The normalized spacial score (nSPS) is 34.0. The molecule has 5 nitrogen and oxygen atoms in total. The Morgan fingerprint density at radius 2 is 2.06 bits per heavy atom. The third-order valence-corrected chi connectivity index (χ3v) is 4.00. The van der Waals surface area contributed by atoms with Gasteiger partial charge in [0.1, 0.15) is 0 Å². The molecule has 2 aliphatic rings. The van der Waals surface area contributed by atoms with Crippen LogP contribution in [0.15, 0.2) is 0 Å². The molecule has 17 heavy (non-hydrogen) atoms. The molecular weight excluding hydrogens is 220 g/mol. The summed E-state index contributed by atoms with van der Waals surface area (Å²) >= 11 is 0. The van der Waals surface area contributed by atoms with Gasteiger partial charge in [-0.05, 0) is 31.6 Å². The van der Waals surface area contributed by atoms with E-state index in [0.717, 1.165) is 24.2 Å². The van der Waals surface area contributed by atoms with Gasteiger partial charge in [0.15, 0.2) is 0 Å². The van der Waals surface area contributed by atoms with E-state index in [1.54, 1.807) is 0 Å². The van der Waals surface area contributed by atoms with Crippen LogP contribution in [-0.4, -0.2) is 40.6 Å². The Bertz CT molecular complexity index is 306. The van der Waals surface area contributed by atoms with E-state index in [1.165, 1.54) is 0 Å². The van der Waals surface area contributed by atoms with Crippen molar-refractivity contribution in [3.05, 3.63) is 0 Å². The van der Waals surface area contributed by atoms with Crippen molar-refractivity contribution in [1.82, 2.24) is 10.2 Å². The molecule has 0 aromatic rings. The third kappa shape index (κ3) is 2.60. The minimum absolute atomic E-state index is 0.0620. The quantitative estimate of drug-likeness (QED) is 0.719. The van der Waals surface area contributed by atoms with E-state index >= 15 is 0 Å². The first-order valence-electron chi connectivity index (χ1n) is 6.34. The molecule has 2 rings (SSSR count). The van der Waals surface area contributed by atoms with Crippen LogP contribution in [-0.2, 0) is 4.79 Å². The molecule has 0 unspecified atom stereocenters. The lowest BCUT2D eigenvalue weighted by atomic mass is 9.77. The molecule has 1 aliphatic heterocycles. The SMILES string of the molecule is CCC1CCC(O)(CN2C(=O)CNC2=O)CC1. The van der Waals surface area contributed by atoms with Crippen LogP contribution in [0.4, 0.5) is 4.79 Å². The highest BCUT2D eigenvalue weighted by Crippen LogP contribution is 2.34. The fraction of sp³-hybridized carbons (Fsp3) is 0.833. The van der Waals surface area contributed by atoms with Gasteiger partial charge >= 0.3 is 6.03 Å². The maximum atomic E-state index is 11.5. The van der Waals surface area contributed by atoms with Crippen molar-refractivity contribution in [1.29, 1.82) is 0 Å². The Balaban J connectivity index is 1.94. The summed E-state index contributed by atoms with van der Waals surface area (Å²) in [4.78, 5) is 24.0. The van der Waals surface area contributed by atoms with E-state index in [2.05, 4.69) is 12.2 Å². The van der Waals surface area contributed by atoms with E-state index in [-0.39, 0.29) is 25.0 Å². The van der Waals surface area contributed by atoms with Crippen LogP contribution in [0, 0.1) is 5.92 Å². The molecule has 0 atom stereocenters. The number of β-amino-alcohol motifs (C(OH)–C–C–N with tert-alkyl or cyclic N) is 1. The van der Waals surface area contributed by atoms with E-state index < -0.39 is 5.60 Å². The average Bonchev–Trinajstić information content (AvgIpc) is 2.62. The molecule has 1 saturated carbocycles. The van der Waals surface area contributed by atoms with Crippen molar-refractivity contribution in [2.75, 3.05) is 13.1 Å². The highest BCUT2D eigenvalue weighted by atomic mass is 16.3. The smallest absolute Gasteiger partial charge is 0.324 e. The van der Waals surface area contributed by atoms with Gasteiger partial charge in [0.25, 0.3) is 0 Å². The van der Waals surface area contributed by atoms with E-state index in [4.69, 9.17) is 0 Å². The van der Waals surface area contributed by atoms with E-state index in [0.29, 0.717) is 18.8 Å². The molecule has 0 radical (unpaired) electrons. The molecule has 96 valence electrons. The summed E-state index contributed by atoms with van der Waals surface area (Å²) in [5, 5.41) is 12.9. The molecule has 1 heterocycles. The summed E-state index contributed by atoms with van der Waals surface area (Å²) < 4.78 is 0. The van der Waals surface area contributed by atoms with Crippen LogP contribution in [0.3, 0.4) is 0 Å². The van der Waals surface area contributed by atoms with Crippen LogP contribution in [0.25, 0.3) is 0 Å². The summed E-state index contributed by atoms with van der Waals surface area (Å²) in [6.07, 6.45) is 4.47. The number of aliphatic hydroxyl groups is 1. The number of amides is 3. The molecule has 0 spiro atoms. The number of urea groups is 1. The Hall–Kier alpha value is -1.10. The summed E-state index contributed by atoms with van der Waals surface area (Å²) in [6, 6.07) is -0.374. The second-order valence-corrected chi connectivity index (χ2v) is 5.21. The van der Waals surface area contributed by atoms with E-state index in [9.17, 15) is 14.7 Å². The van der Waals surface area contributed by atoms with Gasteiger partial charge in [-0.25, -0.2) is 4.79 Å². The van der Waals surface area contributed by atoms with Crippen molar-refractivity contribution in [2.45, 2.75) is 44.6 Å². The Labute approximate surface area is 101 Å². The number of carbonyl (C=O) groups is 2. The summed E-state index contributed by atoms with van der Waals surface area (Å²) in [5.74, 6) is 0.444. The molecule has 1 saturated heterocycles. The third-order valence-electron chi connectivity index (χ3n) is 4.00. The van der Waals surface area contributed by atoms with Crippen molar-refractivity contribution in [3.63, 3.8) is 0 Å². The summed E-state index contributed by atoms with van der Waals surface area (Å²) in [7, 11) is 0. The number of rotatable bonds is 3. The number of nitrogens with one attached hydrogen (secondary N) is 1. The molecule has 0 aromatic carbocycles. The fourth-order valence-electron chi connectivity index (χ4n) is 2.69. The largest absolute Gasteiger partial charge is 0.388 e. The van der Waals surface area contributed by atoms with Crippen LogP contribution in [0.1, 0.15) is 39.0 Å². The molecule has 3 amide bonds. The van der Waals surface area contributed by atoms with Crippen LogP contribution in [0.2, 0.25) is 0 Å². The molecule has 5 heteroatoms. The highest BCUT2D eigenvalue weighted by molar-refractivity contribution is 6.02. The lowest BCUT2D eigenvalue weighted by Crippen LogP contribution is -2.47. The zero-order valence-corrected chi connectivity index (χ0v) is 10.2. The minimum atomic E-state index is -0.872. The van der Waals surface area contributed by atoms with Gasteiger partial charge in [-0.2, -0.15) is 0 Å². The van der Waals surface area contributed by atoms with Gasteiger partial charge in [-0.15, -0.1) is 0 Å². The van der Waals surface area contributed by atoms with Gasteiger partial charge in [0.2, 0.25) is 5.91 Å². The van der Waals surface area contributed by atoms with Crippen molar-refractivity contribution < 1.29 is 14.7 Å². The Morgan fingerprint density at radius 1 is 1.41 bits per heavy atom. The number of hydrogen-bond donors (Lipinski definition) is 2. The number of imide groups is 1. The average molecular weight is 240 g/mol. The standard InChI is InChI=1S/C12H20N2O3/c1-2-9-3-5-12(17,6-4-9)8-14-10(15)7-13-11(14)16/h9,17H,2-8H2,1H3,(H,13,16). The number of carbonyl (C=O) groups excluding carboxylic acids is 2. The van der Waals surface area contributed by atoms with Gasteiger partial charge < -0.3 is 10.4 Å². The highest BCUT2D eigenvalue weighted by Gasteiger charge is 2.39. The lowest BCUT2D eigenvalue weighted by Gasteiger charge is -2.37. The van der Waals surface area contributed by atoms with E-state index in [1.807, 2.05) is 0 Å². The second kappa shape index (κ2) is 4.64. The molecule has 1 aliphatic carbocycles. The molecule has 2 N–H and O–H groups in total. The molecule has 2 fully saturated rings. The van der Waals surface area contributed by atoms with Gasteiger partial charge in [-0.3, -0.25) is 9.69 Å². The van der Waals surface area contributed by atoms with Gasteiger partial charge in [0.05, 0.1) is 18.7 Å².